The fourth-order valence-electron chi connectivity index (χ4n) is 0.969. The van der Waals surface area contributed by atoms with E-state index in [0.717, 1.165) is 6.42 Å². The van der Waals surface area contributed by atoms with Gasteiger partial charge >= 0.3 is 0 Å². The highest BCUT2D eigenvalue weighted by molar-refractivity contribution is 7.80. The van der Waals surface area contributed by atoms with Crippen LogP contribution in [0.15, 0.2) is 43.0 Å². The Morgan fingerprint density at radius 2 is 2.00 bits per heavy atom. The van der Waals surface area contributed by atoms with E-state index < -0.39 is 0 Å². The van der Waals surface area contributed by atoms with Crippen molar-refractivity contribution in [2.24, 2.45) is 0 Å². The van der Waals surface area contributed by atoms with Crippen molar-refractivity contribution < 1.29 is 0 Å². The predicted molar refractivity (Wildman–Crippen MR) is 53.0 cm³/mol. The second kappa shape index (κ2) is 4.24. The number of hydrogen-bond donors (Lipinski definition) is 1. The second-order valence-corrected chi connectivity index (χ2v) is 3.07. The van der Waals surface area contributed by atoms with E-state index in [-0.39, 0.29) is 0 Å². The molecule has 0 radical (unpaired) electrons. The van der Waals surface area contributed by atoms with Gasteiger partial charge in [-0.1, -0.05) is 36.4 Å². The summed E-state index contributed by atoms with van der Waals surface area (Å²) in [5.74, 6) is 0. The lowest BCUT2D eigenvalue weighted by atomic mass is 10.1. The molecular weight excluding hydrogens is 152 g/mol. The highest BCUT2D eigenvalue weighted by atomic mass is 32.1. The number of hydrogen-bond acceptors (Lipinski definition) is 1. The maximum absolute atomic E-state index is 4.43. The Bertz CT molecular complexity index is 216. The molecule has 0 fully saturated rings. The van der Waals surface area contributed by atoms with Crippen molar-refractivity contribution in [2.75, 3.05) is 0 Å². The SMILES string of the molecule is C=CCC(S)c1ccccc1. The molecule has 1 rings (SSSR count). The largest absolute Gasteiger partial charge is 0.171 e. The number of allylic oxidation sites excluding steroid dienone is 1. The van der Waals surface area contributed by atoms with Gasteiger partial charge in [-0.25, -0.2) is 0 Å². The predicted octanol–water partition coefficient (Wildman–Crippen LogP) is 3.23. The fraction of sp³-hybridized carbons (Fsp3) is 0.200. The first-order chi connectivity index (χ1) is 5.34. The first-order valence-corrected chi connectivity index (χ1v) is 4.20. The molecule has 0 heterocycles. The van der Waals surface area contributed by atoms with Crippen molar-refractivity contribution in [1.82, 2.24) is 0 Å². The molecule has 1 atom stereocenters. The van der Waals surface area contributed by atoms with Crippen molar-refractivity contribution in [2.45, 2.75) is 11.7 Å². The van der Waals surface area contributed by atoms with E-state index in [4.69, 9.17) is 0 Å². The summed E-state index contributed by atoms with van der Waals surface area (Å²) in [5, 5.41) is 0.300. The van der Waals surface area contributed by atoms with Crippen LogP contribution in [0.5, 0.6) is 0 Å². The standard InChI is InChI=1S/C10H12S/c1-2-6-10(11)9-7-4-3-5-8-9/h2-5,7-8,10-11H,1,6H2. The van der Waals surface area contributed by atoms with Crippen molar-refractivity contribution in [1.29, 1.82) is 0 Å². The Hall–Kier alpha value is -0.690. The van der Waals surface area contributed by atoms with Gasteiger partial charge in [0.05, 0.1) is 0 Å². The molecule has 0 saturated heterocycles. The summed E-state index contributed by atoms with van der Waals surface area (Å²) < 4.78 is 0. The third kappa shape index (κ3) is 2.43. The minimum absolute atomic E-state index is 0.300. The average molecular weight is 164 g/mol. The molecule has 0 bridgehead atoms. The first-order valence-electron chi connectivity index (χ1n) is 3.68. The van der Waals surface area contributed by atoms with Crippen molar-refractivity contribution in [3.8, 4) is 0 Å². The Labute approximate surface area is 73.4 Å². The van der Waals surface area contributed by atoms with E-state index in [1.165, 1.54) is 5.56 Å². The zero-order valence-corrected chi connectivity index (χ0v) is 7.30. The lowest BCUT2D eigenvalue weighted by Crippen LogP contribution is -1.86. The molecule has 0 aliphatic heterocycles. The maximum Gasteiger partial charge on any atom is 0.0301 e. The molecule has 11 heavy (non-hydrogen) atoms. The van der Waals surface area contributed by atoms with E-state index in [2.05, 4.69) is 31.3 Å². The van der Waals surface area contributed by atoms with E-state index in [1.807, 2.05) is 24.3 Å². The summed E-state index contributed by atoms with van der Waals surface area (Å²) in [6, 6.07) is 10.2. The highest BCUT2D eigenvalue weighted by Crippen LogP contribution is 2.22. The van der Waals surface area contributed by atoms with Gasteiger partial charge in [0, 0.05) is 5.25 Å². The molecule has 1 unspecified atom stereocenters. The van der Waals surface area contributed by atoms with Gasteiger partial charge in [0.25, 0.3) is 0 Å². The van der Waals surface area contributed by atoms with Gasteiger partial charge in [-0.2, -0.15) is 12.6 Å². The molecule has 0 aliphatic rings. The summed E-state index contributed by atoms with van der Waals surface area (Å²) in [5.41, 5.74) is 1.26. The van der Waals surface area contributed by atoms with E-state index >= 15 is 0 Å². The molecule has 58 valence electrons. The molecule has 1 heteroatoms. The third-order valence-electron chi connectivity index (χ3n) is 1.57. The molecule has 0 N–H and O–H groups in total. The van der Waals surface area contributed by atoms with Crippen molar-refractivity contribution in [3.63, 3.8) is 0 Å². The average Bonchev–Trinajstić information content (AvgIpc) is 2.07. The lowest BCUT2D eigenvalue weighted by molar-refractivity contribution is 0.981. The Balaban J connectivity index is 2.68. The van der Waals surface area contributed by atoms with Crippen LogP contribution in [0.3, 0.4) is 0 Å². The zero-order chi connectivity index (χ0) is 8.10. The minimum Gasteiger partial charge on any atom is -0.171 e. The topological polar surface area (TPSA) is 0 Å². The monoisotopic (exact) mass is 164 g/mol. The van der Waals surface area contributed by atoms with Crippen LogP contribution in [0.1, 0.15) is 17.2 Å². The van der Waals surface area contributed by atoms with Crippen molar-refractivity contribution >= 4 is 12.6 Å². The van der Waals surface area contributed by atoms with Gasteiger partial charge in [-0.05, 0) is 12.0 Å². The molecular formula is C10H12S. The highest BCUT2D eigenvalue weighted by Gasteiger charge is 2.01. The van der Waals surface area contributed by atoms with Crippen LogP contribution in [0, 0.1) is 0 Å². The van der Waals surface area contributed by atoms with Gasteiger partial charge in [0.2, 0.25) is 0 Å². The zero-order valence-electron chi connectivity index (χ0n) is 6.40. The first kappa shape index (κ1) is 8.41. The number of rotatable bonds is 3. The van der Waals surface area contributed by atoms with Crippen LogP contribution in [0.2, 0.25) is 0 Å². The summed E-state index contributed by atoms with van der Waals surface area (Å²) in [6.07, 6.45) is 2.82. The van der Waals surface area contributed by atoms with Crippen molar-refractivity contribution in [3.05, 3.63) is 48.6 Å². The van der Waals surface area contributed by atoms with Gasteiger partial charge in [0.1, 0.15) is 0 Å². The second-order valence-electron chi connectivity index (χ2n) is 2.45. The molecule has 1 aromatic rings. The molecule has 0 nitrogen and oxygen atoms in total. The summed E-state index contributed by atoms with van der Waals surface area (Å²) in [6.45, 7) is 3.68. The fourth-order valence-corrected chi connectivity index (χ4v) is 1.29. The van der Waals surface area contributed by atoms with E-state index in [1.54, 1.807) is 0 Å². The van der Waals surface area contributed by atoms with Crippen LogP contribution in [0.25, 0.3) is 0 Å². The Kier molecular flexibility index (Phi) is 3.24. The van der Waals surface area contributed by atoms with Crippen LogP contribution < -0.4 is 0 Å². The summed E-state index contributed by atoms with van der Waals surface area (Å²) in [7, 11) is 0. The number of thiol groups is 1. The molecule has 0 aromatic heterocycles. The quantitative estimate of drug-likeness (QED) is 0.514. The number of benzene rings is 1. The summed E-state index contributed by atoms with van der Waals surface area (Å²) in [4.78, 5) is 0. The van der Waals surface area contributed by atoms with Crippen LogP contribution in [0.4, 0.5) is 0 Å². The molecule has 1 aromatic carbocycles. The minimum atomic E-state index is 0.300. The molecule has 0 amide bonds. The van der Waals surface area contributed by atoms with Gasteiger partial charge < -0.3 is 0 Å². The maximum atomic E-state index is 4.43. The van der Waals surface area contributed by atoms with E-state index in [9.17, 15) is 0 Å². The normalized spacial score (nSPS) is 12.5. The van der Waals surface area contributed by atoms with E-state index in [0.29, 0.717) is 5.25 Å². The summed E-state index contributed by atoms with van der Waals surface area (Å²) >= 11 is 4.43. The van der Waals surface area contributed by atoms with Gasteiger partial charge in [-0.15, -0.1) is 6.58 Å². The Morgan fingerprint density at radius 3 is 2.55 bits per heavy atom. The van der Waals surface area contributed by atoms with Gasteiger partial charge in [0.15, 0.2) is 0 Å². The van der Waals surface area contributed by atoms with Crippen LogP contribution in [-0.4, -0.2) is 0 Å². The van der Waals surface area contributed by atoms with Crippen LogP contribution in [-0.2, 0) is 0 Å². The Morgan fingerprint density at radius 1 is 1.36 bits per heavy atom. The van der Waals surface area contributed by atoms with Gasteiger partial charge in [-0.3, -0.25) is 0 Å². The smallest absolute Gasteiger partial charge is 0.0301 e. The molecule has 0 spiro atoms. The third-order valence-corrected chi connectivity index (χ3v) is 2.08. The van der Waals surface area contributed by atoms with Crippen LogP contribution >= 0.6 is 12.6 Å². The molecule has 0 aliphatic carbocycles. The molecule has 0 saturated carbocycles. The lowest BCUT2D eigenvalue weighted by Gasteiger charge is -2.06.